The van der Waals surface area contributed by atoms with Crippen molar-refractivity contribution in [3.8, 4) is 11.3 Å². The van der Waals surface area contributed by atoms with Crippen LogP contribution in [0.4, 0.5) is 0 Å². The molecule has 1 fully saturated rings. The molecule has 5 rings (SSSR count). The van der Waals surface area contributed by atoms with E-state index < -0.39 is 12.1 Å². The summed E-state index contributed by atoms with van der Waals surface area (Å²) in [5, 5.41) is 20.4. The zero-order valence-corrected chi connectivity index (χ0v) is 23.4. The molecule has 4 aromatic rings. The number of rotatable bonds is 10. The van der Waals surface area contributed by atoms with Crippen molar-refractivity contribution in [1.82, 2.24) is 25.5 Å². The Morgan fingerprint density at radius 2 is 2.02 bits per heavy atom. The van der Waals surface area contributed by atoms with Crippen molar-refractivity contribution in [2.75, 3.05) is 13.6 Å². The summed E-state index contributed by atoms with van der Waals surface area (Å²) < 4.78 is 5.49. The lowest BCUT2D eigenvalue weighted by atomic mass is 9.94. The van der Waals surface area contributed by atoms with Gasteiger partial charge in [-0.05, 0) is 56.5 Å². The highest BCUT2D eigenvalue weighted by Crippen LogP contribution is 2.24. The molecule has 208 valence electrons. The maximum Gasteiger partial charge on any atom is 0.254 e. The monoisotopic (exact) mass is 559 g/mol. The van der Waals surface area contributed by atoms with E-state index in [2.05, 4.69) is 20.6 Å². The molecule has 2 aromatic carbocycles. The third kappa shape index (κ3) is 6.64. The van der Waals surface area contributed by atoms with E-state index >= 15 is 0 Å². The fourth-order valence-electron chi connectivity index (χ4n) is 5.01. The minimum atomic E-state index is -0.780. The largest absolute Gasteiger partial charge is 0.444 e. The average molecular weight is 560 g/mol. The zero-order valence-electron chi connectivity index (χ0n) is 22.5. The second-order valence-electron chi connectivity index (χ2n) is 10.2. The van der Waals surface area contributed by atoms with Crippen LogP contribution >= 0.6 is 11.3 Å². The summed E-state index contributed by atoms with van der Waals surface area (Å²) >= 11 is 1.50. The molecule has 0 aliphatic carbocycles. The third-order valence-corrected chi connectivity index (χ3v) is 8.03. The van der Waals surface area contributed by atoms with Gasteiger partial charge in [0, 0.05) is 40.9 Å². The molecule has 9 nitrogen and oxygen atoms in total. The number of hydrogen-bond donors (Lipinski definition) is 3. The lowest BCUT2D eigenvalue weighted by Gasteiger charge is -2.29. The normalized spacial score (nSPS) is 16.4. The standard InChI is InChI=1S/C30H33N5O4S/c1-19-17-40-27(33-19)16-35(2)30(38)23-13-21(26-15-31-18-39-26)12-22(14-23)29(37)34-25(11-20-7-4-3-5-8-20)28(36)24-9-6-10-32-24/h3-5,7-8,12-15,17-18,24-25,28,32,36H,6,9-11,16H2,1-2H3,(H,34,37)/t24?,25-,28+/m0/s1. The van der Waals surface area contributed by atoms with E-state index in [-0.39, 0.29) is 17.9 Å². The Morgan fingerprint density at radius 3 is 2.70 bits per heavy atom. The molecule has 1 aliphatic heterocycles. The van der Waals surface area contributed by atoms with Crippen LogP contribution in [0.15, 0.2) is 70.9 Å². The maximum absolute atomic E-state index is 13.7. The molecular weight excluding hydrogens is 526 g/mol. The molecule has 0 radical (unpaired) electrons. The van der Waals surface area contributed by atoms with E-state index in [0.717, 1.165) is 35.7 Å². The molecule has 10 heteroatoms. The van der Waals surface area contributed by atoms with E-state index in [4.69, 9.17) is 4.42 Å². The van der Waals surface area contributed by atoms with Gasteiger partial charge in [-0.15, -0.1) is 11.3 Å². The molecule has 40 heavy (non-hydrogen) atoms. The summed E-state index contributed by atoms with van der Waals surface area (Å²) in [6, 6.07) is 14.1. The summed E-state index contributed by atoms with van der Waals surface area (Å²) in [5.41, 5.74) is 3.11. The lowest BCUT2D eigenvalue weighted by molar-refractivity contribution is 0.0737. The maximum atomic E-state index is 13.7. The van der Waals surface area contributed by atoms with E-state index in [1.54, 1.807) is 36.3 Å². The van der Waals surface area contributed by atoms with E-state index in [9.17, 15) is 14.7 Å². The van der Waals surface area contributed by atoms with Crippen LogP contribution in [0.3, 0.4) is 0 Å². The van der Waals surface area contributed by atoms with Crippen molar-refractivity contribution in [2.45, 2.75) is 50.9 Å². The van der Waals surface area contributed by atoms with Gasteiger partial charge in [0.2, 0.25) is 0 Å². The Kier molecular flexibility index (Phi) is 8.69. The number of benzene rings is 2. The van der Waals surface area contributed by atoms with Crippen LogP contribution in [0.2, 0.25) is 0 Å². The van der Waals surface area contributed by atoms with Gasteiger partial charge in [0.1, 0.15) is 5.01 Å². The minimum Gasteiger partial charge on any atom is -0.444 e. The fourth-order valence-corrected chi connectivity index (χ4v) is 5.84. The molecule has 2 amide bonds. The SMILES string of the molecule is Cc1csc(CN(C)C(=O)c2cc(C(=O)N[C@@H](Cc3ccccc3)[C@H](O)C3CCCN3)cc(-c3cnco3)c2)n1. The highest BCUT2D eigenvalue weighted by atomic mass is 32.1. The summed E-state index contributed by atoms with van der Waals surface area (Å²) in [6.07, 6.45) is 4.36. The number of nitrogens with zero attached hydrogens (tertiary/aromatic N) is 3. The second kappa shape index (κ2) is 12.5. The number of nitrogens with one attached hydrogen (secondary N) is 2. The molecule has 3 atom stereocenters. The van der Waals surface area contributed by atoms with Crippen LogP contribution in [0.1, 0.15) is 49.8 Å². The fraction of sp³-hybridized carbons (Fsp3) is 0.333. The number of aryl methyl sites for hydroxylation is 1. The molecule has 0 bridgehead atoms. The second-order valence-corrected chi connectivity index (χ2v) is 11.1. The average Bonchev–Trinajstić information content (AvgIpc) is 3.76. The summed E-state index contributed by atoms with van der Waals surface area (Å²) in [5.74, 6) is -0.191. The van der Waals surface area contributed by atoms with Crippen molar-refractivity contribution in [1.29, 1.82) is 0 Å². The first-order chi connectivity index (χ1) is 19.4. The summed E-state index contributed by atoms with van der Waals surface area (Å²) in [7, 11) is 1.71. The van der Waals surface area contributed by atoms with E-state index in [1.165, 1.54) is 17.7 Å². The number of carbonyl (C=O) groups is 2. The van der Waals surface area contributed by atoms with Crippen molar-refractivity contribution in [3.63, 3.8) is 0 Å². The van der Waals surface area contributed by atoms with E-state index in [0.29, 0.717) is 35.4 Å². The van der Waals surface area contributed by atoms with Crippen molar-refractivity contribution in [3.05, 3.63) is 93.9 Å². The van der Waals surface area contributed by atoms with Gasteiger partial charge < -0.3 is 25.1 Å². The Bertz CT molecular complexity index is 1430. The van der Waals surface area contributed by atoms with Gasteiger partial charge >= 0.3 is 0 Å². The smallest absolute Gasteiger partial charge is 0.254 e. The van der Waals surface area contributed by atoms with Crippen molar-refractivity contribution in [2.24, 2.45) is 0 Å². The summed E-state index contributed by atoms with van der Waals surface area (Å²) in [6.45, 7) is 3.11. The summed E-state index contributed by atoms with van der Waals surface area (Å²) in [4.78, 5) is 37.2. The first-order valence-electron chi connectivity index (χ1n) is 13.3. The molecule has 1 unspecified atom stereocenters. The number of amides is 2. The quantitative estimate of drug-likeness (QED) is 0.270. The van der Waals surface area contributed by atoms with Gasteiger partial charge in [0.25, 0.3) is 11.8 Å². The van der Waals surface area contributed by atoms with Gasteiger partial charge in [-0.3, -0.25) is 9.59 Å². The number of aromatic nitrogens is 2. The number of carbonyl (C=O) groups excluding carboxylic acids is 2. The lowest BCUT2D eigenvalue weighted by Crippen LogP contribution is -2.52. The topological polar surface area (TPSA) is 121 Å². The zero-order chi connectivity index (χ0) is 28.1. The molecule has 1 aliphatic rings. The molecular formula is C30H33N5O4S. The number of thiazole rings is 1. The van der Waals surface area contributed by atoms with Gasteiger partial charge in [0.15, 0.2) is 12.2 Å². The Morgan fingerprint density at radius 1 is 1.23 bits per heavy atom. The van der Waals surface area contributed by atoms with E-state index in [1.807, 2.05) is 42.6 Å². The number of oxazole rings is 1. The Labute approximate surface area is 237 Å². The molecule has 3 N–H and O–H groups in total. The van der Waals surface area contributed by atoms with Crippen LogP contribution in [0.25, 0.3) is 11.3 Å². The van der Waals surface area contributed by atoms with Gasteiger partial charge in [0.05, 0.1) is 24.9 Å². The predicted octanol–water partition coefficient (Wildman–Crippen LogP) is 3.83. The van der Waals surface area contributed by atoms with Crippen LogP contribution in [-0.4, -0.2) is 63.6 Å². The molecule has 2 aromatic heterocycles. The first-order valence-corrected chi connectivity index (χ1v) is 14.2. The van der Waals surface area contributed by atoms with Gasteiger partial charge in [-0.2, -0.15) is 0 Å². The van der Waals surface area contributed by atoms with Crippen LogP contribution in [0, 0.1) is 6.92 Å². The Balaban J connectivity index is 1.42. The number of aliphatic hydroxyl groups excluding tert-OH is 1. The predicted molar refractivity (Wildman–Crippen MR) is 153 cm³/mol. The number of hydrogen-bond acceptors (Lipinski definition) is 8. The highest BCUT2D eigenvalue weighted by molar-refractivity contribution is 7.09. The molecule has 0 saturated carbocycles. The van der Waals surface area contributed by atoms with Gasteiger partial charge in [-0.25, -0.2) is 9.97 Å². The first kappa shape index (κ1) is 27.7. The Hall–Kier alpha value is -3.86. The molecule has 3 heterocycles. The van der Waals surface area contributed by atoms with Crippen LogP contribution < -0.4 is 10.6 Å². The van der Waals surface area contributed by atoms with Crippen LogP contribution in [0.5, 0.6) is 0 Å². The molecule has 0 spiro atoms. The highest BCUT2D eigenvalue weighted by Gasteiger charge is 2.31. The third-order valence-electron chi connectivity index (χ3n) is 7.08. The van der Waals surface area contributed by atoms with Crippen molar-refractivity contribution >= 4 is 23.2 Å². The molecule has 1 saturated heterocycles. The minimum absolute atomic E-state index is 0.102. The number of aliphatic hydroxyl groups is 1. The van der Waals surface area contributed by atoms with Gasteiger partial charge in [-0.1, -0.05) is 30.3 Å². The van der Waals surface area contributed by atoms with Crippen molar-refractivity contribution < 1.29 is 19.1 Å². The van der Waals surface area contributed by atoms with Crippen LogP contribution in [-0.2, 0) is 13.0 Å².